The molecule has 0 radical (unpaired) electrons. The van der Waals surface area contributed by atoms with Crippen molar-refractivity contribution in [2.24, 2.45) is 10.2 Å². The van der Waals surface area contributed by atoms with Gasteiger partial charge >= 0.3 is 5.69 Å². The number of amides is 1. The molecule has 1 amide bonds. The molecule has 0 spiro atoms. The van der Waals surface area contributed by atoms with Crippen molar-refractivity contribution in [2.75, 3.05) is 17.3 Å². The molecule has 0 unspecified atom stereocenters. The third kappa shape index (κ3) is 6.03. The van der Waals surface area contributed by atoms with E-state index in [1.54, 1.807) is 31.2 Å². The summed E-state index contributed by atoms with van der Waals surface area (Å²) in [6.07, 6.45) is 0.201. The third-order valence-corrected chi connectivity index (χ3v) is 5.14. The first kappa shape index (κ1) is 25.4. The highest BCUT2D eigenvalue weighted by Crippen LogP contribution is 2.38. The fourth-order valence-corrected chi connectivity index (χ4v) is 3.28. The van der Waals surface area contributed by atoms with E-state index in [9.17, 15) is 30.3 Å². The zero-order valence-electron chi connectivity index (χ0n) is 19.4. The number of hydrogen-bond donors (Lipinski definition) is 1. The van der Waals surface area contributed by atoms with Crippen LogP contribution in [-0.4, -0.2) is 22.8 Å². The van der Waals surface area contributed by atoms with Gasteiger partial charge in [0.05, 0.1) is 27.2 Å². The molecule has 0 aliphatic carbocycles. The lowest BCUT2D eigenvalue weighted by Crippen LogP contribution is -2.17. The van der Waals surface area contributed by atoms with Crippen LogP contribution in [0.5, 0.6) is 0 Å². The van der Waals surface area contributed by atoms with Crippen LogP contribution >= 0.6 is 0 Å². The van der Waals surface area contributed by atoms with Crippen LogP contribution in [0.4, 0.5) is 34.1 Å². The molecule has 1 N–H and O–H groups in total. The minimum Gasteiger partial charge on any atom is -0.370 e. The minimum absolute atomic E-state index is 0.185. The van der Waals surface area contributed by atoms with Gasteiger partial charge in [-0.1, -0.05) is 37.3 Å². The number of nitrogens with one attached hydrogen (secondary N) is 1. The Morgan fingerprint density at radius 2 is 1.78 bits per heavy atom. The number of hydrogen-bond acceptors (Lipinski definition) is 9. The smallest absolute Gasteiger partial charge is 0.304 e. The molecule has 0 saturated carbocycles. The van der Waals surface area contributed by atoms with Crippen LogP contribution in [0.15, 0.2) is 70.9 Å². The van der Waals surface area contributed by atoms with E-state index in [1.807, 2.05) is 42.3 Å². The van der Waals surface area contributed by atoms with Gasteiger partial charge in [0.1, 0.15) is 11.8 Å². The maximum atomic E-state index is 12.1. The number of non-ortho nitro benzene ring substituents is 1. The molecule has 0 atom stereocenters. The number of rotatable bonds is 9. The van der Waals surface area contributed by atoms with Crippen LogP contribution in [0.2, 0.25) is 0 Å². The summed E-state index contributed by atoms with van der Waals surface area (Å²) in [6.45, 7) is 2.28. The summed E-state index contributed by atoms with van der Waals surface area (Å²) in [7, 11) is 1.88. The van der Waals surface area contributed by atoms with Gasteiger partial charge in [-0.25, -0.2) is 0 Å². The van der Waals surface area contributed by atoms with E-state index in [0.29, 0.717) is 12.2 Å². The Hall–Kier alpha value is -5.18. The minimum atomic E-state index is -0.871. The molecule has 12 nitrogen and oxygen atoms in total. The van der Waals surface area contributed by atoms with Crippen molar-refractivity contribution in [2.45, 2.75) is 19.9 Å². The quantitative estimate of drug-likeness (QED) is 0.227. The van der Waals surface area contributed by atoms with Crippen molar-refractivity contribution in [1.29, 1.82) is 5.26 Å². The van der Waals surface area contributed by atoms with Crippen molar-refractivity contribution >= 4 is 40.0 Å². The second-order valence-electron chi connectivity index (χ2n) is 7.63. The molecule has 3 aromatic rings. The number of nitro benzene ring substituents is 2. The molecule has 0 heterocycles. The molecule has 12 heteroatoms. The van der Waals surface area contributed by atoms with Gasteiger partial charge in [0.25, 0.3) is 5.69 Å². The molecular weight excluding hydrogens is 466 g/mol. The Kier molecular flexibility index (Phi) is 7.99. The molecular formula is C24H21N7O5. The number of anilines is 2. The predicted molar refractivity (Wildman–Crippen MR) is 133 cm³/mol. The standard InChI is InChI=1S/C24H21N7O5/c1-3-23(32)26-21-12-18(29(2)15-16-7-5-4-6-8-16)9-10-20(21)27-28-24-17(14-25)11-19(30(33)34)13-22(24)31(35)36/h4-13H,3,15H2,1-2H3,(H,26,32)/b28-27+. The van der Waals surface area contributed by atoms with Crippen molar-refractivity contribution in [3.8, 4) is 6.07 Å². The molecule has 0 fully saturated rings. The predicted octanol–water partition coefficient (Wildman–Crippen LogP) is 5.77. The first-order valence-corrected chi connectivity index (χ1v) is 10.7. The molecule has 182 valence electrons. The second-order valence-corrected chi connectivity index (χ2v) is 7.63. The maximum absolute atomic E-state index is 12.1. The Bertz CT molecular complexity index is 1380. The number of benzene rings is 3. The molecule has 0 aromatic heterocycles. The van der Waals surface area contributed by atoms with E-state index < -0.39 is 26.9 Å². The average Bonchev–Trinajstić information content (AvgIpc) is 2.87. The topological polar surface area (TPSA) is 167 Å². The van der Waals surface area contributed by atoms with Crippen LogP contribution in [0.25, 0.3) is 0 Å². The molecule has 36 heavy (non-hydrogen) atoms. The Morgan fingerprint density at radius 1 is 1.06 bits per heavy atom. The number of nitriles is 1. The van der Waals surface area contributed by atoms with E-state index in [2.05, 4.69) is 15.5 Å². The van der Waals surface area contributed by atoms with E-state index in [-0.39, 0.29) is 23.6 Å². The summed E-state index contributed by atoms with van der Waals surface area (Å²) in [4.78, 5) is 35.0. The Balaban J connectivity index is 2.03. The number of nitro groups is 2. The number of azo groups is 1. The number of nitrogens with zero attached hydrogens (tertiary/aromatic N) is 6. The molecule has 0 bridgehead atoms. The number of carbonyl (C=O) groups excluding carboxylic acids is 1. The SMILES string of the molecule is CCC(=O)Nc1cc(N(C)Cc2ccccc2)ccc1/N=N/c1c(C#N)cc([N+](=O)[O-])cc1[N+](=O)[O-]. The molecule has 0 aliphatic heterocycles. The van der Waals surface area contributed by atoms with Gasteiger partial charge in [-0.2, -0.15) is 5.26 Å². The van der Waals surface area contributed by atoms with E-state index in [1.165, 1.54) is 0 Å². The zero-order valence-corrected chi connectivity index (χ0v) is 19.4. The number of carbonyl (C=O) groups is 1. The van der Waals surface area contributed by atoms with Crippen LogP contribution in [-0.2, 0) is 11.3 Å². The average molecular weight is 487 g/mol. The van der Waals surface area contributed by atoms with Gasteiger partial charge < -0.3 is 10.2 Å². The fourth-order valence-electron chi connectivity index (χ4n) is 3.28. The van der Waals surface area contributed by atoms with Crippen LogP contribution in [0.3, 0.4) is 0 Å². The summed E-state index contributed by atoms with van der Waals surface area (Å²) in [5, 5.41) is 42.6. The van der Waals surface area contributed by atoms with E-state index in [4.69, 9.17) is 0 Å². The van der Waals surface area contributed by atoms with Crippen LogP contribution < -0.4 is 10.2 Å². The van der Waals surface area contributed by atoms with E-state index in [0.717, 1.165) is 23.4 Å². The van der Waals surface area contributed by atoms with Gasteiger partial charge in [-0.15, -0.1) is 10.2 Å². The van der Waals surface area contributed by atoms with Gasteiger partial charge in [0, 0.05) is 31.8 Å². The zero-order chi connectivity index (χ0) is 26.2. The highest BCUT2D eigenvalue weighted by atomic mass is 16.6. The van der Waals surface area contributed by atoms with Gasteiger partial charge in [-0.05, 0) is 23.8 Å². The van der Waals surface area contributed by atoms with Crippen LogP contribution in [0, 0.1) is 31.6 Å². The third-order valence-electron chi connectivity index (χ3n) is 5.14. The Labute approximate surface area is 205 Å². The maximum Gasteiger partial charge on any atom is 0.304 e. The lowest BCUT2D eigenvalue weighted by Gasteiger charge is -2.21. The van der Waals surface area contributed by atoms with Gasteiger partial charge in [-0.3, -0.25) is 25.0 Å². The normalized spacial score (nSPS) is 10.6. The monoisotopic (exact) mass is 487 g/mol. The summed E-state index contributed by atoms with van der Waals surface area (Å²) < 4.78 is 0. The second kappa shape index (κ2) is 11.3. The van der Waals surface area contributed by atoms with Gasteiger partial charge in [0.15, 0.2) is 5.69 Å². The van der Waals surface area contributed by atoms with Crippen molar-refractivity contribution < 1.29 is 14.6 Å². The molecule has 0 aliphatic rings. The molecule has 0 saturated heterocycles. The highest BCUT2D eigenvalue weighted by molar-refractivity contribution is 5.94. The van der Waals surface area contributed by atoms with Crippen molar-refractivity contribution in [3.05, 3.63) is 92.0 Å². The molecule has 3 rings (SSSR count). The Morgan fingerprint density at radius 3 is 2.39 bits per heavy atom. The summed E-state index contributed by atoms with van der Waals surface area (Å²) in [6, 6.07) is 18.1. The lowest BCUT2D eigenvalue weighted by molar-refractivity contribution is -0.393. The van der Waals surface area contributed by atoms with Crippen molar-refractivity contribution in [3.63, 3.8) is 0 Å². The summed E-state index contributed by atoms with van der Waals surface area (Å²) >= 11 is 0. The van der Waals surface area contributed by atoms with E-state index >= 15 is 0 Å². The summed E-state index contributed by atoms with van der Waals surface area (Å²) in [5.74, 6) is -0.284. The fraction of sp³-hybridized carbons (Fsp3) is 0.167. The molecule has 3 aromatic carbocycles. The van der Waals surface area contributed by atoms with Crippen molar-refractivity contribution in [1.82, 2.24) is 0 Å². The van der Waals surface area contributed by atoms with Crippen LogP contribution in [0.1, 0.15) is 24.5 Å². The largest absolute Gasteiger partial charge is 0.370 e. The lowest BCUT2D eigenvalue weighted by atomic mass is 10.1. The first-order valence-electron chi connectivity index (χ1n) is 10.7. The van der Waals surface area contributed by atoms with Gasteiger partial charge in [0.2, 0.25) is 5.91 Å². The first-order chi connectivity index (χ1) is 17.2. The summed E-state index contributed by atoms with van der Waals surface area (Å²) in [5.41, 5.74) is 0.197. The highest BCUT2D eigenvalue weighted by Gasteiger charge is 2.24.